The number of urea groups is 1. The van der Waals surface area contributed by atoms with E-state index in [1.54, 1.807) is 0 Å². The number of thiol groups is 1. The highest BCUT2D eigenvalue weighted by atomic mass is 79.9. The number of carbonyl (C=O) groups excluding carboxylic acids is 1. The number of anilines is 1. The van der Waals surface area contributed by atoms with Crippen LogP contribution in [0.5, 0.6) is 5.75 Å². The minimum absolute atomic E-state index is 0.00789. The second-order valence-electron chi connectivity index (χ2n) is 4.85. The summed E-state index contributed by atoms with van der Waals surface area (Å²) in [6.45, 7) is 0. The number of nitrogens with zero attached hydrogens (tertiary/aromatic N) is 1. The van der Waals surface area contributed by atoms with E-state index in [0.717, 1.165) is 36.1 Å². The Balaban J connectivity index is 2.10. The molecule has 1 saturated carbocycles. The van der Waals surface area contributed by atoms with E-state index in [1.165, 1.54) is 12.5 Å². The zero-order valence-electron chi connectivity index (χ0n) is 10.8. The third-order valence-corrected chi connectivity index (χ3v) is 4.22. The van der Waals surface area contributed by atoms with Crippen LogP contribution in [0.15, 0.2) is 16.6 Å². The van der Waals surface area contributed by atoms with Crippen LogP contribution in [0, 0.1) is 5.82 Å². The predicted octanol–water partition coefficient (Wildman–Crippen LogP) is 3.99. The molecule has 0 atom stereocenters. The van der Waals surface area contributed by atoms with Gasteiger partial charge in [-0.05, 0) is 25.0 Å². The number of phenolic OH excluding ortho intramolecular Hbond substituents is 1. The van der Waals surface area contributed by atoms with Gasteiger partial charge in [-0.15, -0.1) is 0 Å². The van der Waals surface area contributed by atoms with Crippen LogP contribution in [0.2, 0.25) is 0 Å². The van der Waals surface area contributed by atoms with Crippen LogP contribution in [0.3, 0.4) is 0 Å². The topological polar surface area (TPSA) is 52.6 Å². The number of carbonyl (C=O) groups is 1. The zero-order chi connectivity index (χ0) is 14.7. The fourth-order valence-electron chi connectivity index (χ4n) is 2.31. The predicted molar refractivity (Wildman–Crippen MR) is 82.6 cm³/mol. The molecule has 1 fully saturated rings. The van der Waals surface area contributed by atoms with E-state index in [9.17, 15) is 14.3 Å². The van der Waals surface area contributed by atoms with Crippen LogP contribution < -0.4 is 9.62 Å². The molecule has 0 aromatic heterocycles. The number of hydrogen-bond donors (Lipinski definition) is 3. The lowest BCUT2D eigenvalue weighted by atomic mass is 9.96. The van der Waals surface area contributed by atoms with Crippen molar-refractivity contribution in [1.29, 1.82) is 0 Å². The summed E-state index contributed by atoms with van der Waals surface area (Å²) < 4.78 is 14.8. The molecule has 20 heavy (non-hydrogen) atoms. The Bertz CT molecular complexity index is 509. The maximum Gasteiger partial charge on any atom is 0.332 e. The fraction of sp³-hybridized carbons (Fsp3) is 0.462. The van der Waals surface area contributed by atoms with Gasteiger partial charge in [0, 0.05) is 10.5 Å². The van der Waals surface area contributed by atoms with Crippen molar-refractivity contribution in [1.82, 2.24) is 5.32 Å². The normalized spacial score (nSPS) is 15.9. The SMILES string of the molecule is O=C(NC1CCCCC1)N(S)c1cc(Br)cc(F)c1O. The Morgan fingerprint density at radius 2 is 2.05 bits per heavy atom. The Morgan fingerprint density at radius 1 is 1.40 bits per heavy atom. The summed E-state index contributed by atoms with van der Waals surface area (Å²) in [5.41, 5.74) is 0.00789. The second kappa shape index (κ2) is 6.67. The fourth-order valence-corrected chi connectivity index (χ4v) is 2.93. The van der Waals surface area contributed by atoms with Crippen molar-refractivity contribution in [2.45, 2.75) is 38.1 Å². The summed E-state index contributed by atoms with van der Waals surface area (Å²) in [6, 6.07) is 2.21. The smallest absolute Gasteiger partial charge is 0.332 e. The van der Waals surface area contributed by atoms with Gasteiger partial charge < -0.3 is 10.4 Å². The average Bonchev–Trinajstić information content (AvgIpc) is 2.43. The summed E-state index contributed by atoms with van der Waals surface area (Å²) in [5, 5.41) is 12.5. The number of aromatic hydroxyl groups is 1. The Hall–Kier alpha value is -0.950. The van der Waals surface area contributed by atoms with Gasteiger partial charge in [0.1, 0.15) is 5.69 Å². The van der Waals surface area contributed by atoms with Gasteiger partial charge in [-0.1, -0.05) is 48.0 Å². The molecule has 7 heteroatoms. The maximum absolute atomic E-state index is 13.5. The highest BCUT2D eigenvalue weighted by Crippen LogP contribution is 2.34. The zero-order valence-corrected chi connectivity index (χ0v) is 13.3. The maximum atomic E-state index is 13.5. The molecule has 1 aliphatic rings. The monoisotopic (exact) mass is 362 g/mol. The van der Waals surface area contributed by atoms with Crippen molar-refractivity contribution in [2.75, 3.05) is 4.31 Å². The first-order valence-electron chi connectivity index (χ1n) is 6.46. The molecule has 0 spiro atoms. The molecule has 2 amide bonds. The molecule has 0 bridgehead atoms. The average molecular weight is 363 g/mol. The Kier molecular flexibility index (Phi) is 5.15. The Morgan fingerprint density at radius 3 is 2.70 bits per heavy atom. The number of hydrogen-bond acceptors (Lipinski definition) is 3. The number of amides is 2. The van der Waals surface area contributed by atoms with Crippen molar-refractivity contribution < 1.29 is 14.3 Å². The van der Waals surface area contributed by atoms with Crippen molar-refractivity contribution in [3.8, 4) is 5.75 Å². The molecule has 2 rings (SSSR count). The first-order chi connectivity index (χ1) is 9.49. The molecule has 0 radical (unpaired) electrons. The lowest BCUT2D eigenvalue weighted by Gasteiger charge is -2.25. The molecule has 1 aromatic carbocycles. The van der Waals surface area contributed by atoms with Gasteiger partial charge in [0.2, 0.25) is 0 Å². The third-order valence-electron chi connectivity index (χ3n) is 3.36. The molecule has 0 heterocycles. The van der Waals surface area contributed by atoms with Gasteiger partial charge in [-0.25, -0.2) is 13.5 Å². The van der Waals surface area contributed by atoms with E-state index in [2.05, 4.69) is 34.1 Å². The second-order valence-corrected chi connectivity index (χ2v) is 6.17. The molecular weight excluding hydrogens is 347 g/mol. The van der Waals surface area contributed by atoms with Crippen molar-refractivity contribution in [2.24, 2.45) is 0 Å². The summed E-state index contributed by atoms with van der Waals surface area (Å²) in [5.74, 6) is -1.40. The van der Waals surface area contributed by atoms with Gasteiger partial charge in [-0.3, -0.25) is 0 Å². The number of phenols is 1. The largest absolute Gasteiger partial charge is 0.503 e. The van der Waals surface area contributed by atoms with E-state index in [1.807, 2.05) is 0 Å². The highest BCUT2D eigenvalue weighted by Gasteiger charge is 2.22. The molecule has 2 N–H and O–H groups in total. The Labute approximate surface area is 131 Å². The molecule has 110 valence electrons. The lowest BCUT2D eigenvalue weighted by Crippen LogP contribution is -2.42. The first-order valence-corrected chi connectivity index (χ1v) is 7.66. The molecule has 4 nitrogen and oxygen atoms in total. The van der Waals surface area contributed by atoms with Crippen molar-refractivity contribution >= 4 is 40.5 Å². The third kappa shape index (κ3) is 3.58. The van der Waals surface area contributed by atoms with Crippen molar-refractivity contribution in [3.05, 3.63) is 22.4 Å². The summed E-state index contributed by atoms with van der Waals surface area (Å²) in [4.78, 5) is 12.1. The van der Waals surface area contributed by atoms with Crippen LogP contribution in [0.25, 0.3) is 0 Å². The van der Waals surface area contributed by atoms with Crippen LogP contribution in [0.1, 0.15) is 32.1 Å². The molecular formula is C13H16BrFN2O2S. The molecule has 0 aliphatic heterocycles. The van der Waals surface area contributed by atoms with E-state index >= 15 is 0 Å². The van der Waals surface area contributed by atoms with Gasteiger partial charge >= 0.3 is 6.03 Å². The number of halogens is 2. The highest BCUT2D eigenvalue weighted by molar-refractivity contribution is 9.10. The molecule has 0 saturated heterocycles. The molecule has 1 aliphatic carbocycles. The van der Waals surface area contributed by atoms with Crippen molar-refractivity contribution in [3.63, 3.8) is 0 Å². The lowest BCUT2D eigenvalue weighted by molar-refractivity contribution is 0.241. The number of nitrogens with one attached hydrogen (secondary N) is 1. The van der Waals surface area contributed by atoms with E-state index in [0.29, 0.717) is 4.47 Å². The minimum atomic E-state index is -0.807. The summed E-state index contributed by atoms with van der Waals surface area (Å²) in [7, 11) is 0. The van der Waals surface area contributed by atoms with Crippen LogP contribution in [-0.4, -0.2) is 17.2 Å². The standard InChI is InChI=1S/C13H16BrFN2O2S/c14-8-6-10(15)12(18)11(7-8)17(20)13(19)16-9-4-2-1-3-5-9/h6-7,9,18,20H,1-5H2,(H,16,19). The quantitative estimate of drug-likeness (QED) is 0.696. The van der Waals surface area contributed by atoms with E-state index in [-0.39, 0.29) is 11.7 Å². The van der Waals surface area contributed by atoms with Crippen LogP contribution >= 0.6 is 28.7 Å². The van der Waals surface area contributed by atoms with Gasteiger partial charge in [0.25, 0.3) is 0 Å². The van der Waals surface area contributed by atoms with E-state index in [4.69, 9.17) is 0 Å². The summed E-state index contributed by atoms with van der Waals surface area (Å²) >= 11 is 7.17. The number of rotatable bonds is 2. The van der Waals surface area contributed by atoms with Gasteiger partial charge in [0.05, 0.1) is 0 Å². The molecule has 1 aromatic rings. The van der Waals surface area contributed by atoms with E-state index < -0.39 is 17.6 Å². The minimum Gasteiger partial charge on any atom is -0.503 e. The first kappa shape index (κ1) is 15.4. The molecule has 0 unspecified atom stereocenters. The van der Waals surface area contributed by atoms with Crippen LogP contribution in [0.4, 0.5) is 14.9 Å². The number of benzene rings is 1. The van der Waals surface area contributed by atoms with Gasteiger partial charge in [0.15, 0.2) is 11.6 Å². The van der Waals surface area contributed by atoms with Gasteiger partial charge in [-0.2, -0.15) is 0 Å². The van der Waals surface area contributed by atoms with Crippen LogP contribution in [-0.2, 0) is 0 Å². The summed E-state index contributed by atoms with van der Waals surface area (Å²) in [6.07, 6.45) is 5.25.